The Morgan fingerprint density at radius 2 is 1.93 bits per heavy atom. The van der Waals surface area contributed by atoms with E-state index in [0.717, 1.165) is 6.07 Å². The van der Waals surface area contributed by atoms with Crippen molar-refractivity contribution < 1.29 is 22.8 Å². The number of pyridine rings is 1. The molecule has 3 heterocycles. The smallest absolute Gasteiger partial charge is 0.365 e. The van der Waals surface area contributed by atoms with Crippen molar-refractivity contribution in [1.82, 2.24) is 14.8 Å². The van der Waals surface area contributed by atoms with Crippen LogP contribution < -0.4 is 11.1 Å². The van der Waals surface area contributed by atoms with Crippen LogP contribution in [-0.2, 0) is 11.0 Å². The normalized spacial score (nSPS) is 12.9. The number of thiophene rings is 1. The summed E-state index contributed by atoms with van der Waals surface area (Å²) in [5.41, 5.74) is 5.67. The largest absolute Gasteiger partial charge is 0.433 e. The number of aromatic nitrogens is 3. The van der Waals surface area contributed by atoms with Gasteiger partial charge < -0.3 is 11.1 Å². The first-order valence-corrected chi connectivity index (χ1v) is 9.85. The molecule has 3 aromatic rings. The van der Waals surface area contributed by atoms with Crippen LogP contribution in [-0.4, -0.2) is 26.6 Å². The maximum atomic E-state index is 13.1. The molecule has 0 saturated heterocycles. The Morgan fingerprint density at radius 1 is 1.30 bits per heavy atom. The Hall–Kier alpha value is -2.66. The molecule has 0 spiro atoms. The monoisotopic (exact) mass is 459 g/mol. The summed E-state index contributed by atoms with van der Waals surface area (Å²) in [6.07, 6.45) is -4.65. The minimum atomic E-state index is -4.65. The fourth-order valence-corrected chi connectivity index (χ4v) is 4.26. The number of halogens is 4. The third kappa shape index (κ3) is 3.74. The summed E-state index contributed by atoms with van der Waals surface area (Å²) in [4.78, 5) is 28.3. The van der Waals surface area contributed by atoms with Crippen molar-refractivity contribution in [1.29, 1.82) is 0 Å². The predicted octanol–water partition coefficient (Wildman–Crippen LogP) is 4.39. The molecule has 3 N–H and O–H groups in total. The van der Waals surface area contributed by atoms with Gasteiger partial charge in [0.15, 0.2) is 0 Å². The van der Waals surface area contributed by atoms with Gasteiger partial charge in [0.1, 0.15) is 21.4 Å². The Morgan fingerprint density at radius 3 is 2.43 bits per heavy atom. The Balaban J connectivity index is 2.08. The van der Waals surface area contributed by atoms with Crippen LogP contribution in [0, 0.1) is 20.8 Å². The molecule has 0 aromatic carbocycles. The average molecular weight is 460 g/mol. The maximum Gasteiger partial charge on any atom is 0.433 e. The van der Waals surface area contributed by atoms with E-state index in [4.69, 9.17) is 17.3 Å². The number of carbonyl (C=O) groups is 2. The number of carbonyl (C=O) groups excluding carboxylic acids is 2. The van der Waals surface area contributed by atoms with Crippen LogP contribution in [0.4, 0.5) is 18.9 Å². The minimum absolute atomic E-state index is 0.0331. The summed E-state index contributed by atoms with van der Waals surface area (Å²) < 4.78 is 40.7. The van der Waals surface area contributed by atoms with Crippen LogP contribution in [0.5, 0.6) is 0 Å². The van der Waals surface area contributed by atoms with Gasteiger partial charge in [-0.25, -0.2) is 4.98 Å². The van der Waals surface area contributed by atoms with Gasteiger partial charge in [0.05, 0.1) is 22.1 Å². The Kier molecular flexibility index (Phi) is 5.54. The number of amides is 2. The van der Waals surface area contributed by atoms with E-state index in [1.807, 2.05) is 0 Å². The van der Waals surface area contributed by atoms with Gasteiger partial charge >= 0.3 is 6.18 Å². The summed E-state index contributed by atoms with van der Waals surface area (Å²) in [5, 5.41) is 7.50. The van der Waals surface area contributed by atoms with Crippen LogP contribution in [0.15, 0.2) is 6.07 Å². The van der Waals surface area contributed by atoms with E-state index in [2.05, 4.69) is 15.4 Å². The number of alkyl halides is 3. The molecule has 0 fully saturated rings. The van der Waals surface area contributed by atoms with Gasteiger partial charge in [0.25, 0.3) is 5.91 Å². The van der Waals surface area contributed by atoms with Crippen LogP contribution in [0.2, 0.25) is 5.02 Å². The fourth-order valence-electron chi connectivity index (χ4n) is 3.08. The first-order valence-electron chi connectivity index (χ1n) is 8.66. The predicted molar refractivity (Wildman–Crippen MR) is 108 cm³/mol. The van der Waals surface area contributed by atoms with Crippen LogP contribution in [0.25, 0.3) is 10.2 Å². The van der Waals surface area contributed by atoms with Crippen molar-refractivity contribution in [3.05, 3.63) is 38.6 Å². The number of primary amides is 1. The molecule has 3 aromatic heterocycles. The van der Waals surface area contributed by atoms with Gasteiger partial charge in [-0.3, -0.25) is 14.3 Å². The van der Waals surface area contributed by atoms with Crippen LogP contribution >= 0.6 is 22.9 Å². The lowest BCUT2D eigenvalue weighted by Crippen LogP contribution is -2.26. The van der Waals surface area contributed by atoms with Gasteiger partial charge in [0, 0.05) is 5.39 Å². The summed E-state index contributed by atoms with van der Waals surface area (Å²) in [7, 11) is 0. The van der Waals surface area contributed by atoms with Crippen LogP contribution in [0.3, 0.4) is 0 Å². The second-order valence-corrected chi connectivity index (χ2v) is 8.14. The second kappa shape index (κ2) is 7.55. The molecule has 0 radical (unpaired) electrons. The van der Waals surface area contributed by atoms with E-state index < -0.39 is 29.7 Å². The highest BCUT2D eigenvalue weighted by Crippen LogP contribution is 2.40. The molecule has 0 aliphatic carbocycles. The molecule has 12 heteroatoms. The lowest BCUT2D eigenvalue weighted by molar-refractivity contribution is -0.141. The number of rotatable bonds is 4. The van der Waals surface area contributed by atoms with Crippen molar-refractivity contribution in [3.63, 3.8) is 0 Å². The lowest BCUT2D eigenvalue weighted by Gasteiger charge is -2.15. The fraction of sp³-hybridized carbons (Fsp3) is 0.333. The molecular formula is C18H17ClF3N5O2S. The van der Waals surface area contributed by atoms with Crippen molar-refractivity contribution in [3.8, 4) is 0 Å². The number of nitrogens with zero attached hydrogens (tertiary/aromatic N) is 3. The Bertz CT molecular complexity index is 1190. The molecular weight excluding hydrogens is 443 g/mol. The van der Waals surface area contributed by atoms with Crippen molar-refractivity contribution in [2.45, 2.75) is 39.9 Å². The number of nitrogens with two attached hydrogens (primary N) is 1. The number of hydrogen-bond donors (Lipinski definition) is 2. The highest BCUT2D eigenvalue weighted by Gasteiger charge is 2.34. The zero-order chi connectivity index (χ0) is 22.5. The molecule has 3 rings (SSSR count). The van der Waals surface area contributed by atoms with E-state index in [-0.39, 0.29) is 26.3 Å². The molecule has 1 unspecified atom stereocenters. The van der Waals surface area contributed by atoms with E-state index in [1.165, 1.54) is 11.6 Å². The van der Waals surface area contributed by atoms with Gasteiger partial charge in [-0.15, -0.1) is 11.3 Å². The van der Waals surface area contributed by atoms with Gasteiger partial charge in [-0.2, -0.15) is 18.3 Å². The molecule has 0 bridgehead atoms. The standard InChI is InChI=1S/C18H17ClF3N5O2S/c1-6-5-10(18(20,21)22)24-17-11(6)13(14(30-17)15(23)28)25-16(29)9(4)27-8(3)12(19)7(2)26-27/h5,9H,1-4H3,(H2,23,28)(H,25,29). The third-order valence-corrected chi connectivity index (χ3v) is 6.25. The topological polar surface area (TPSA) is 103 Å². The zero-order valence-electron chi connectivity index (χ0n) is 16.3. The summed E-state index contributed by atoms with van der Waals surface area (Å²) in [5.74, 6) is -1.43. The van der Waals surface area contributed by atoms with Crippen molar-refractivity contribution in [2.24, 2.45) is 5.73 Å². The second-order valence-electron chi connectivity index (χ2n) is 6.77. The third-order valence-electron chi connectivity index (χ3n) is 4.60. The SMILES string of the molecule is Cc1nn(C(C)C(=O)Nc2c(C(N)=O)sc3nc(C(F)(F)F)cc(C)c23)c(C)c1Cl. The highest BCUT2D eigenvalue weighted by atomic mass is 35.5. The summed E-state index contributed by atoms with van der Waals surface area (Å²) in [6, 6.07) is 0.0502. The van der Waals surface area contributed by atoms with E-state index in [9.17, 15) is 22.8 Å². The summed E-state index contributed by atoms with van der Waals surface area (Å²) >= 11 is 6.82. The summed E-state index contributed by atoms with van der Waals surface area (Å²) in [6.45, 7) is 6.42. The van der Waals surface area contributed by atoms with Gasteiger partial charge in [0.2, 0.25) is 5.91 Å². The molecule has 0 aliphatic heterocycles. The number of nitrogens with one attached hydrogen (secondary N) is 1. The lowest BCUT2D eigenvalue weighted by atomic mass is 10.1. The molecule has 1 atom stereocenters. The molecule has 0 aliphatic rings. The number of aryl methyl sites for hydroxylation is 2. The Labute approximate surface area is 178 Å². The van der Waals surface area contributed by atoms with Crippen molar-refractivity contribution in [2.75, 3.05) is 5.32 Å². The average Bonchev–Trinajstić information content (AvgIpc) is 3.13. The zero-order valence-corrected chi connectivity index (χ0v) is 17.9. The molecule has 0 saturated carbocycles. The van der Waals surface area contributed by atoms with Crippen molar-refractivity contribution >= 4 is 50.7 Å². The maximum absolute atomic E-state index is 13.1. The number of hydrogen-bond acceptors (Lipinski definition) is 5. The highest BCUT2D eigenvalue weighted by molar-refractivity contribution is 7.21. The van der Waals surface area contributed by atoms with E-state index in [1.54, 1.807) is 20.8 Å². The first kappa shape index (κ1) is 22.0. The van der Waals surface area contributed by atoms with Crippen LogP contribution in [0.1, 0.15) is 45.3 Å². The molecule has 160 valence electrons. The molecule has 2 amide bonds. The first-order chi connectivity index (χ1) is 13.8. The number of fused-ring (bicyclic) bond motifs is 1. The number of anilines is 1. The quantitative estimate of drug-likeness (QED) is 0.604. The van der Waals surface area contributed by atoms with E-state index in [0.29, 0.717) is 27.7 Å². The molecule has 30 heavy (non-hydrogen) atoms. The van der Waals surface area contributed by atoms with Gasteiger partial charge in [-0.05, 0) is 39.3 Å². The molecule has 7 nitrogen and oxygen atoms in total. The van der Waals surface area contributed by atoms with Gasteiger partial charge in [-0.1, -0.05) is 11.6 Å². The minimum Gasteiger partial charge on any atom is -0.365 e. The van der Waals surface area contributed by atoms with E-state index >= 15 is 0 Å².